The highest BCUT2D eigenvalue weighted by Gasteiger charge is 2.31. The average molecular weight is 473 g/mol. The molecule has 1 heterocycles. The number of aromatic nitrogens is 3. The first kappa shape index (κ1) is 23.1. The van der Waals surface area contributed by atoms with Crippen molar-refractivity contribution in [1.82, 2.24) is 20.1 Å². The van der Waals surface area contributed by atoms with Crippen molar-refractivity contribution in [1.29, 1.82) is 0 Å². The summed E-state index contributed by atoms with van der Waals surface area (Å²) >= 11 is 7.24. The van der Waals surface area contributed by atoms with Crippen LogP contribution >= 0.6 is 23.4 Å². The van der Waals surface area contributed by atoms with Crippen molar-refractivity contribution in [2.24, 2.45) is 0 Å². The third-order valence-electron chi connectivity index (χ3n) is 4.16. The summed E-state index contributed by atoms with van der Waals surface area (Å²) in [6.07, 6.45) is -3.70. The summed E-state index contributed by atoms with van der Waals surface area (Å²) < 4.78 is 55.0. The van der Waals surface area contributed by atoms with E-state index in [1.807, 2.05) is 6.92 Å². The maximum absolute atomic E-state index is 14.0. The summed E-state index contributed by atoms with van der Waals surface area (Å²) in [4.78, 5) is 12.4. The Balaban J connectivity index is 1.93. The predicted octanol–water partition coefficient (Wildman–Crippen LogP) is 5.51. The molecule has 164 valence electrons. The number of benzene rings is 2. The summed E-state index contributed by atoms with van der Waals surface area (Å²) in [6.45, 7) is 1.76. The number of carbonyl (C=O) groups is 1. The summed E-state index contributed by atoms with van der Waals surface area (Å²) in [6, 6.07) is 8.58. The molecule has 31 heavy (non-hydrogen) atoms. The summed E-state index contributed by atoms with van der Waals surface area (Å²) in [5, 5.41) is 10.9. The third-order valence-corrected chi connectivity index (χ3v) is 5.61. The second-order valence-electron chi connectivity index (χ2n) is 6.41. The van der Waals surface area contributed by atoms with Crippen LogP contribution in [0.2, 0.25) is 5.02 Å². The first-order valence-corrected chi connectivity index (χ1v) is 10.6. The van der Waals surface area contributed by atoms with Crippen molar-refractivity contribution in [3.8, 4) is 5.69 Å². The summed E-state index contributed by atoms with van der Waals surface area (Å²) in [5.41, 5.74) is -0.945. The molecule has 0 saturated heterocycles. The fourth-order valence-corrected chi connectivity index (χ4v) is 3.82. The second-order valence-corrected chi connectivity index (χ2v) is 7.88. The van der Waals surface area contributed by atoms with E-state index in [0.717, 1.165) is 24.6 Å². The lowest BCUT2D eigenvalue weighted by molar-refractivity contribution is -0.137. The van der Waals surface area contributed by atoms with Gasteiger partial charge in [0.15, 0.2) is 11.0 Å². The van der Waals surface area contributed by atoms with E-state index >= 15 is 0 Å². The number of thioether (sulfide) groups is 1. The van der Waals surface area contributed by atoms with Gasteiger partial charge in [-0.05, 0) is 36.8 Å². The van der Waals surface area contributed by atoms with E-state index < -0.39 is 23.5 Å². The molecule has 0 aliphatic heterocycles. The van der Waals surface area contributed by atoms with Gasteiger partial charge < -0.3 is 5.32 Å². The molecule has 0 unspecified atom stereocenters. The number of rotatable bonds is 7. The van der Waals surface area contributed by atoms with Crippen LogP contribution in [0.5, 0.6) is 0 Å². The lowest BCUT2D eigenvalue weighted by Crippen LogP contribution is -2.26. The number of carbonyl (C=O) groups excluding carboxylic acids is 1. The molecule has 3 aromatic rings. The molecule has 0 spiro atoms. The predicted molar refractivity (Wildman–Crippen MR) is 110 cm³/mol. The smallest absolute Gasteiger partial charge is 0.345 e. The Morgan fingerprint density at radius 2 is 1.94 bits per heavy atom. The van der Waals surface area contributed by atoms with Crippen LogP contribution < -0.4 is 5.32 Å². The van der Waals surface area contributed by atoms with Crippen LogP contribution in [0.3, 0.4) is 0 Å². The highest BCUT2D eigenvalue weighted by Crippen LogP contribution is 2.31. The fraction of sp³-hybridized carbons (Fsp3) is 0.250. The van der Waals surface area contributed by atoms with Crippen LogP contribution in [0.1, 0.15) is 35.1 Å². The number of hydrogen-bond donors (Lipinski definition) is 1. The molecular formula is C20H17ClF4N4OS. The first-order valence-electron chi connectivity index (χ1n) is 9.19. The standard InChI is InChI=1S/C20H17ClF4N4OS/c1-2-9-31-19-28-27-16(11-26-18(30)17-14(21)7-4-8-15(17)22)29(19)13-6-3-5-12(10-13)20(23,24)25/h3-8,10H,2,9,11H2,1H3,(H,26,30). The zero-order chi connectivity index (χ0) is 22.6. The monoisotopic (exact) mass is 472 g/mol. The van der Waals surface area contributed by atoms with E-state index in [9.17, 15) is 22.4 Å². The zero-order valence-corrected chi connectivity index (χ0v) is 17.8. The van der Waals surface area contributed by atoms with E-state index in [0.29, 0.717) is 10.9 Å². The third kappa shape index (κ3) is 5.37. The molecule has 0 aliphatic carbocycles. The number of amides is 1. The molecule has 5 nitrogen and oxygen atoms in total. The largest absolute Gasteiger partial charge is 0.416 e. The van der Waals surface area contributed by atoms with Crippen LogP contribution in [0, 0.1) is 5.82 Å². The maximum Gasteiger partial charge on any atom is 0.416 e. The van der Waals surface area contributed by atoms with Gasteiger partial charge in [-0.3, -0.25) is 9.36 Å². The van der Waals surface area contributed by atoms with Gasteiger partial charge in [-0.15, -0.1) is 10.2 Å². The Morgan fingerprint density at radius 3 is 2.61 bits per heavy atom. The fourth-order valence-electron chi connectivity index (χ4n) is 2.74. The van der Waals surface area contributed by atoms with E-state index in [1.165, 1.54) is 40.6 Å². The zero-order valence-electron chi connectivity index (χ0n) is 16.2. The van der Waals surface area contributed by atoms with Gasteiger partial charge in [0.1, 0.15) is 5.82 Å². The van der Waals surface area contributed by atoms with Gasteiger partial charge in [0, 0.05) is 5.75 Å². The summed E-state index contributed by atoms with van der Waals surface area (Å²) in [5.74, 6) is -0.694. The molecule has 1 amide bonds. The minimum Gasteiger partial charge on any atom is -0.345 e. The quantitative estimate of drug-likeness (QED) is 0.364. The lowest BCUT2D eigenvalue weighted by Gasteiger charge is -2.13. The SMILES string of the molecule is CCCSc1nnc(CNC(=O)c2c(F)cccc2Cl)n1-c1cccc(C(F)(F)F)c1. The molecule has 0 atom stereocenters. The van der Waals surface area contributed by atoms with E-state index in [4.69, 9.17) is 11.6 Å². The molecule has 2 aromatic carbocycles. The molecule has 0 bridgehead atoms. The highest BCUT2D eigenvalue weighted by atomic mass is 35.5. The van der Waals surface area contributed by atoms with Gasteiger partial charge in [0.2, 0.25) is 0 Å². The number of halogens is 5. The molecule has 0 aliphatic rings. The van der Waals surface area contributed by atoms with Gasteiger partial charge in [0.05, 0.1) is 28.4 Å². The Labute approximate surface area is 184 Å². The van der Waals surface area contributed by atoms with E-state index in [1.54, 1.807) is 0 Å². The molecule has 0 saturated carbocycles. The molecule has 11 heteroatoms. The Morgan fingerprint density at radius 1 is 1.19 bits per heavy atom. The van der Waals surface area contributed by atoms with E-state index in [-0.39, 0.29) is 28.6 Å². The Kier molecular flexibility index (Phi) is 7.22. The van der Waals surface area contributed by atoms with Gasteiger partial charge >= 0.3 is 6.18 Å². The van der Waals surface area contributed by atoms with Gasteiger partial charge in [-0.1, -0.05) is 42.4 Å². The van der Waals surface area contributed by atoms with Crippen molar-refractivity contribution in [2.45, 2.75) is 31.2 Å². The van der Waals surface area contributed by atoms with Crippen LogP contribution in [-0.4, -0.2) is 26.4 Å². The van der Waals surface area contributed by atoms with Crippen LogP contribution in [0.4, 0.5) is 17.6 Å². The second kappa shape index (κ2) is 9.69. The lowest BCUT2D eigenvalue weighted by atomic mass is 10.2. The average Bonchev–Trinajstić information content (AvgIpc) is 3.12. The van der Waals surface area contributed by atoms with Crippen molar-refractivity contribution in [3.63, 3.8) is 0 Å². The van der Waals surface area contributed by atoms with Crippen LogP contribution in [0.15, 0.2) is 47.6 Å². The normalized spacial score (nSPS) is 11.5. The first-order chi connectivity index (χ1) is 14.7. The van der Waals surface area contributed by atoms with Crippen molar-refractivity contribution >= 4 is 29.3 Å². The van der Waals surface area contributed by atoms with E-state index in [2.05, 4.69) is 15.5 Å². The minimum atomic E-state index is -4.52. The maximum atomic E-state index is 14.0. The number of alkyl halides is 3. The number of nitrogens with zero attached hydrogens (tertiary/aromatic N) is 3. The molecule has 1 N–H and O–H groups in total. The minimum absolute atomic E-state index is 0.0592. The molecule has 0 radical (unpaired) electrons. The van der Waals surface area contributed by atoms with Gasteiger partial charge in [0.25, 0.3) is 5.91 Å². The van der Waals surface area contributed by atoms with Crippen molar-refractivity contribution in [2.75, 3.05) is 5.75 Å². The van der Waals surface area contributed by atoms with Gasteiger partial charge in [-0.2, -0.15) is 13.2 Å². The molecule has 0 fully saturated rings. The number of hydrogen-bond acceptors (Lipinski definition) is 4. The molecule has 1 aromatic heterocycles. The number of nitrogens with one attached hydrogen (secondary N) is 1. The van der Waals surface area contributed by atoms with Crippen molar-refractivity contribution < 1.29 is 22.4 Å². The van der Waals surface area contributed by atoms with Gasteiger partial charge in [-0.25, -0.2) is 4.39 Å². The molecular weight excluding hydrogens is 456 g/mol. The Hall–Kier alpha value is -2.59. The Bertz CT molecular complexity index is 1070. The topological polar surface area (TPSA) is 59.8 Å². The highest BCUT2D eigenvalue weighted by molar-refractivity contribution is 7.99. The van der Waals surface area contributed by atoms with Crippen LogP contribution in [-0.2, 0) is 12.7 Å². The molecule has 3 rings (SSSR count). The van der Waals surface area contributed by atoms with Crippen molar-refractivity contribution in [3.05, 3.63) is 70.3 Å². The van der Waals surface area contributed by atoms with Crippen LogP contribution in [0.25, 0.3) is 5.69 Å². The summed E-state index contributed by atoms with van der Waals surface area (Å²) in [7, 11) is 0.